The van der Waals surface area contributed by atoms with E-state index in [0.717, 1.165) is 25.7 Å². The second-order valence-electron chi connectivity index (χ2n) is 8.37. The van der Waals surface area contributed by atoms with Crippen LogP contribution in [-0.2, 0) is 25.7 Å². The van der Waals surface area contributed by atoms with E-state index in [1.807, 2.05) is 12.1 Å². The topological polar surface area (TPSA) is 20.2 Å². The molecular weight excluding hydrogens is 376 g/mol. The third kappa shape index (κ3) is 4.62. The Balaban J connectivity index is 1.27. The largest absolute Gasteiger partial charge is 0.508 e. The molecule has 1 N–H and O–H groups in total. The molecule has 1 heteroatoms. The van der Waals surface area contributed by atoms with E-state index in [-0.39, 0.29) is 0 Å². The maximum absolute atomic E-state index is 10.3. The monoisotopic (exact) mass is 402 g/mol. The molecule has 31 heavy (non-hydrogen) atoms. The first-order valence-corrected chi connectivity index (χ1v) is 11.0. The number of phenolic OH excluding ortho intramolecular Hbond substituents is 1. The van der Waals surface area contributed by atoms with Crippen molar-refractivity contribution in [2.75, 3.05) is 0 Å². The highest BCUT2D eigenvalue weighted by atomic mass is 16.3. The summed E-state index contributed by atoms with van der Waals surface area (Å²) in [6.07, 6.45) is 3.79. The zero-order valence-electron chi connectivity index (χ0n) is 17.6. The van der Waals surface area contributed by atoms with Crippen molar-refractivity contribution < 1.29 is 5.11 Å². The van der Waals surface area contributed by atoms with Gasteiger partial charge in [-0.3, -0.25) is 0 Å². The summed E-state index contributed by atoms with van der Waals surface area (Å²) >= 11 is 0. The van der Waals surface area contributed by atoms with E-state index in [1.165, 1.54) is 43.8 Å². The van der Waals surface area contributed by atoms with Gasteiger partial charge in [0.2, 0.25) is 0 Å². The molecule has 152 valence electrons. The molecule has 0 aliphatic carbocycles. The van der Waals surface area contributed by atoms with Gasteiger partial charge in [-0.15, -0.1) is 0 Å². The van der Waals surface area contributed by atoms with E-state index >= 15 is 0 Å². The predicted molar refractivity (Wildman–Crippen MR) is 131 cm³/mol. The lowest BCUT2D eigenvalue weighted by molar-refractivity contribution is 0.473. The normalized spacial score (nSPS) is 11.2. The minimum absolute atomic E-state index is 0.365. The van der Waals surface area contributed by atoms with Crippen molar-refractivity contribution in [3.8, 4) is 5.75 Å². The van der Waals surface area contributed by atoms with Gasteiger partial charge in [0.1, 0.15) is 5.75 Å². The first kappa shape index (κ1) is 19.4. The highest BCUT2D eigenvalue weighted by Gasteiger charge is 2.04. The van der Waals surface area contributed by atoms with Crippen LogP contribution >= 0.6 is 0 Å². The van der Waals surface area contributed by atoms with Crippen molar-refractivity contribution in [3.63, 3.8) is 0 Å². The number of aromatic hydroxyl groups is 1. The Morgan fingerprint density at radius 2 is 0.806 bits per heavy atom. The van der Waals surface area contributed by atoms with Crippen LogP contribution in [-0.4, -0.2) is 5.11 Å². The number of fused-ring (bicyclic) bond motifs is 2. The second-order valence-corrected chi connectivity index (χ2v) is 8.37. The molecule has 0 unspecified atom stereocenters. The van der Waals surface area contributed by atoms with E-state index in [1.54, 1.807) is 0 Å². The molecule has 1 nitrogen and oxygen atoms in total. The summed E-state index contributed by atoms with van der Waals surface area (Å²) in [6, 6.07) is 36.4. The lowest BCUT2D eigenvalue weighted by atomic mass is 9.97. The van der Waals surface area contributed by atoms with Crippen molar-refractivity contribution in [1.29, 1.82) is 0 Å². The number of phenols is 1. The van der Waals surface area contributed by atoms with E-state index in [4.69, 9.17) is 0 Å². The summed E-state index contributed by atoms with van der Waals surface area (Å²) in [5, 5.41) is 15.4. The molecule has 5 rings (SSSR count). The molecule has 0 spiro atoms. The van der Waals surface area contributed by atoms with Crippen molar-refractivity contribution in [1.82, 2.24) is 0 Å². The minimum atomic E-state index is 0.365. The highest BCUT2D eigenvalue weighted by molar-refractivity contribution is 5.83. The van der Waals surface area contributed by atoms with E-state index in [2.05, 4.69) is 91.0 Å². The standard InChI is InChI=1S/C30H26O/c31-30-20-24(11-9-22-13-15-26-5-1-3-7-28(26)18-22)17-25(21-30)12-10-23-14-16-27-6-2-4-8-29(27)19-23/h1-8,13-21,31H,9-12H2. The van der Waals surface area contributed by atoms with Gasteiger partial charge in [-0.1, -0.05) is 91.0 Å². The molecule has 0 atom stereocenters. The van der Waals surface area contributed by atoms with Crippen LogP contribution in [0.3, 0.4) is 0 Å². The van der Waals surface area contributed by atoms with Crippen LogP contribution in [0.1, 0.15) is 22.3 Å². The predicted octanol–water partition coefficient (Wildman–Crippen LogP) is 7.27. The van der Waals surface area contributed by atoms with Crippen LogP contribution in [0.25, 0.3) is 21.5 Å². The molecule has 0 bridgehead atoms. The second kappa shape index (κ2) is 8.65. The third-order valence-corrected chi connectivity index (χ3v) is 6.07. The Labute approximate surface area is 183 Å². The number of hydrogen-bond acceptors (Lipinski definition) is 1. The van der Waals surface area contributed by atoms with E-state index in [9.17, 15) is 5.11 Å². The summed E-state index contributed by atoms with van der Waals surface area (Å²) in [5.74, 6) is 0.365. The van der Waals surface area contributed by atoms with Gasteiger partial charge >= 0.3 is 0 Å². The summed E-state index contributed by atoms with van der Waals surface area (Å²) < 4.78 is 0. The maximum Gasteiger partial charge on any atom is 0.116 e. The van der Waals surface area contributed by atoms with Crippen LogP contribution in [0.4, 0.5) is 0 Å². The summed E-state index contributed by atoms with van der Waals surface area (Å²) in [5.41, 5.74) is 5.06. The molecule has 0 heterocycles. The van der Waals surface area contributed by atoms with Crippen molar-refractivity contribution in [2.24, 2.45) is 0 Å². The average molecular weight is 403 g/mol. The summed E-state index contributed by atoms with van der Waals surface area (Å²) in [4.78, 5) is 0. The molecule has 0 saturated carbocycles. The van der Waals surface area contributed by atoms with Gasteiger partial charge in [0, 0.05) is 0 Å². The fraction of sp³-hybridized carbons (Fsp3) is 0.133. The Kier molecular flexibility index (Phi) is 5.41. The number of hydrogen-bond donors (Lipinski definition) is 1. The highest BCUT2D eigenvalue weighted by Crippen LogP contribution is 2.22. The Morgan fingerprint density at radius 3 is 1.29 bits per heavy atom. The van der Waals surface area contributed by atoms with Crippen LogP contribution in [0, 0.1) is 0 Å². The van der Waals surface area contributed by atoms with Gasteiger partial charge in [0.15, 0.2) is 0 Å². The molecule has 0 aromatic heterocycles. The van der Waals surface area contributed by atoms with Gasteiger partial charge < -0.3 is 5.11 Å². The van der Waals surface area contributed by atoms with Crippen LogP contribution < -0.4 is 0 Å². The Morgan fingerprint density at radius 1 is 0.387 bits per heavy atom. The average Bonchev–Trinajstić information content (AvgIpc) is 2.81. The van der Waals surface area contributed by atoms with Gasteiger partial charge in [-0.2, -0.15) is 0 Å². The van der Waals surface area contributed by atoms with Crippen LogP contribution in [0.15, 0.2) is 103 Å². The maximum atomic E-state index is 10.3. The SMILES string of the molecule is Oc1cc(CCc2ccc3ccccc3c2)cc(CCc2ccc3ccccc3c2)c1. The molecule has 0 amide bonds. The van der Waals surface area contributed by atoms with Crippen molar-refractivity contribution >= 4 is 21.5 Å². The van der Waals surface area contributed by atoms with Gasteiger partial charge in [-0.25, -0.2) is 0 Å². The molecule has 0 aliphatic rings. The summed E-state index contributed by atoms with van der Waals surface area (Å²) in [6.45, 7) is 0. The zero-order valence-corrected chi connectivity index (χ0v) is 17.6. The molecule has 5 aromatic carbocycles. The van der Waals surface area contributed by atoms with Crippen LogP contribution in [0.2, 0.25) is 0 Å². The fourth-order valence-electron chi connectivity index (χ4n) is 4.40. The van der Waals surface area contributed by atoms with E-state index < -0.39 is 0 Å². The smallest absolute Gasteiger partial charge is 0.116 e. The quantitative estimate of drug-likeness (QED) is 0.317. The van der Waals surface area contributed by atoms with Gasteiger partial charge in [-0.05, 0) is 81.6 Å². The lowest BCUT2D eigenvalue weighted by Crippen LogP contribution is -1.96. The third-order valence-electron chi connectivity index (χ3n) is 6.07. The van der Waals surface area contributed by atoms with Crippen molar-refractivity contribution in [2.45, 2.75) is 25.7 Å². The molecule has 0 aliphatic heterocycles. The molecular formula is C30H26O. The molecule has 0 saturated heterocycles. The Bertz CT molecular complexity index is 1250. The lowest BCUT2D eigenvalue weighted by Gasteiger charge is -2.09. The molecule has 5 aromatic rings. The first-order valence-electron chi connectivity index (χ1n) is 11.0. The van der Waals surface area contributed by atoms with Crippen molar-refractivity contribution in [3.05, 3.63) is 125 Å². The molecule has 0 radical (unpaired) electrons. The molecule has 0 fully saturated rings. The first-order chi connectivity index (χ1) is 15.2. The minimum Gasteiger partial charge on any atom is -0.508 e. The van der Waals surface area contributed by atoms with Crippen LogP contribution in [0.5, 0.6) is 5.75 Å². The zero-order chi connectivity index (χ0) is 21.0. The number of benzene rings is 5. The number of aryl methyl sites for hydroxylation is 4. The fourth-order valence-corrected chi connectivity index (χ4v) is 4.40. The van der Waals surface area contributed by atoms with E-state index in [0.29, 0.717) is 5.75 Å². The van der Waals surface area contributed by atoms with Gasteiger partial charge in [0.05, 0.1) is 0 Å². The number of rotatable bonds is 6. The summed E-state index contributed by atoms with van der Waals surface area (Å²) in [7, 11) is 0. The Hall–Kier alpha value is -3.58. The van der Waals surface area contributed by atoms with Gasteiger partial charge in [0.25, 0.3) is 0 Å².